The minimum absolute atomic E-state index is 0.0608. The first-order chi connectivity index (χ1) is 13.4. The maximum Gasteiger partial charge on any atom is 0.262 e. The molecule has 6 nitrogen and oxygen atoms in total. The SMILES string of the molecule is O=C(COc1ccccc1)Nc1ccc(S(=O)(=O)Nc2ccccc2F)cc1. The van der Waals surface area contributed by atoms with E-state index in [1.165, 1.54) is 42.5 Å². The van der Waals surface area contributed by atoms with Gasteiger partial charge < -0.3 is 10.1 Å². The molecule has 0 heterocycles. The highest BCUT2D eigenvalue weighted by molar-refractivity contribution is 7.92. The zero-order chi connectivity index (χ0) is 20.0. The van der Waals surface area contributed by atoms with E-state index in [9.17, 15) is 17.6 Å². The number of para-hydroxylation sites is 2. The zero-order valence-corrected chi connectivity index (χ0v) is 15.4. The van der Waals surface area contributed by atoms with E-state index in [4.69, 9.17) is 4.74 Å². The van der Waals surface area contributed by atoms with Gasteiger partial charge in [0, 0.05) is 5.69 Å². The minimum Gasteiger partial charge on any atom is -0.484 e. The number of carbonyl (C=O) groups is 1. The summed E-state index contributed by atoms with van der Waals surface area (Å²) in [4.78, 5) is 11.9. The summed E-state index contributed by atoms with van der Waals surface area (Å²) in [7, 11) is -3.95. The van der Waals surface area contributed by atoms with Gasteiger partial charge in [0.15, 0.2) is 6.61 Å². The van der Waals surface area contributed by atoms with E-state index in [2.05, 4.69) is 10.0 Å². The quantitative estimate of drug-likeness (QED) is 0.634. The summed E-state index contributed by atoms with van der Waals surface area (Å²) >= 11 is 0. The van der Waals surface area contributed by atoms with Crippen LogP contribution in [-0.4, -0.2) is 20.9 Å². The van der Waals surface area contributed by atoms with Crippen LogP contribution >= 0.6 is 0 Å². The molecule has 0 saturated carbocycles. The van der Waals surface area contributed by atoms with Crippen molar-refractivity contribution < 1.29 is 22.3 Å². The lowest BCUT2D eigenvalue weighted by Crippen LogP contribution is -2.20. The largest absolute Gasteiger partial charge is 0.484 e. The van der Waals surface area contributed by atoms with Crippen molar-refractivity contribution in [3.05, 3.63) is 84.7 Å². The topological polar surface area (TPSA) is 84.5 Å². The highest BCUT2D eigenvalue weighted by Crippen LogP contribution is 2.20. The predicted molar refractivity (Wildman–Crippen MR) is 104 cm³/mol. The Morgan fingerprint density at radius 2 is 1.54 bits per heavy atom. The fourth-order valence-corrected chi connectivity index (χ4v) is 3.40. The molecule has 0 bridgehead atoms. The van der Waals surface area contributed by atoms with E-state index >= 15 is 0 Å². The van der Waals surface area contributed by atoms with Crippen LogP contribution in [0.15, 0.2) is 83.8 Å². The van der Waals surface area contributed by atoms with Gasteiger partial charge in [-0.25, -0.2) is 12.8 Å². The lowest BCUT2D eigenvalue weighted by Gasteiger charge is -2.10. The standard InChI is InChI=1S/C20H17FN2O4S/c21-18-8-4-5-9-19(18)23-28(25,26)17-12-10-15(11-13-17)22-20(24)14-27-16-6-2-1-3-7-16/h1-13,23H,14H2,(H,22,24). The molecule has 1 amide bonds. The summed E-state index contributed by atoms with van der Waals surface area (Å²) in [6.45, 7) is -0.182. The summed E-state index contributed by atoms with van der Waals surface area (Å²) in [5, 5.41) is 2.61. The first kappa shape index (κ1) is 19.4. The Morgan fingerprint density at radius 3 is 2.21 bits per heavy atom. The van der Waals surface area contributed by atoms with Gasteiger partial charge in [0.2, 0.25) is 0 Å². The molecule has 144 valence electrons. The lowest BCUT2D eigenvalue weighted by atomic mass is 10.3. The number of amides is 1. The summed E-state index contributed by atoms with van der Waals surface area (Å²) in [5.41, 5.74) is 0.268. The Bertz CT molecular complexity index is 1060. The van der Waals surface area contributed by atoms with E-state index < -0.39 is 15.8 Å². The molecule has 3 rings (SSSR count). The average molecular weight is 400 g/mol. The van der Waals surface area contributed by atoms with Crippen LogP contribution in [0, 0.1) is 5.82 Å². The van der Waals surface area contributed by atoms with Crippen LogP contribution in [0.1, 0.15) is 0 Å². The molecular weight excluding hydrogens is 383 g/mol. The molecule has 0 radical (unpaired) electrons. The minimum atomic E-state index is -3.95. The van der Waals surface area contributed by atoms with Gasteiger partial charge in [-0.15, -0.1) is 0 Å². The number of halogens is 1. The van der Waals surface area contributed by atoms with E-state index in [1.807, 2.05) is 6.07 Å². The average Bonchev–Trinajstić information content (AvgIpc) is 2.69. The normalized spacial score (nSPS) is 10.9. The Hall–Kier alpha value is -3.39. The molecule has 3 aromatic carbocycles. The molecule has 0 spiro atoms. The van der Waals surface area contributed by atoms with Crippen molar-refractivity contribution in [2.45, 2.75) is 4.90 Å². The number of anilines is 2. The molecule has 8 heteroatoms. The highest BCUT2D eigenvalue weighted by atomic mass is 32.2. The Kier molecular flexibility index (Phi) is 5.90. The van der Waals surface area contributed by atoms with Crippen molar-refractivity contribution >= 4 is 27.3 Å². The van der Waals surface area contributed by atoms with Crippen LogP contribution in [0.25, 0.3) is 0 Å². The molecule has 0 aliphatic heterocycles. The first-order valence-electron chi connectivity index (χ1n) is 8.29. The molecule has 0 unspecified atom stereocenters. The molecule has 0 atom stereocenters. The Balaban J connectivity index is 1.61. The first-order valence-corrected chi connectivity index (χ1v) is 9.77. The van der Waals surface area contributed by atoms with Gasteiger partial charge in [0.25, 0.3) is 15.9 Å². The number of ether oxygens (including phenoxy) is 1. The maximum atomic E-state index is 13.7. The zero-order valence-electron chi connectivity index (χ0n) is 14.6. The van der Waals surface area contributed by atoms with Crippen LogP contribution in [0.5, 0.6) is 5.75 Å². The molecule has 0 aliphatic rings. The molecular formula is C20H17FN2O4S. The molecule has 0 aliphatic carbocycles. The fraction of sp³-hybridized carbons (Fsp3) is 0.0500. The van der Waals surface area contributed by atoms with E-state index in [0.29, 0.717) is 11.4 Å². The second-order valence-electron chi connectivity index (χ2n) is 5.76. The Morgan fingerprint density at radius 1 is 0.893 bits per heavy atom. The summed E-state index contributed by atoms with van der Waals surface area (Å²) < 4.78 is 45.9. The molecule has 28 heavy (non-hydrogen) atoms. The number of hydrogen-bond acceptors (Lipinski definition) is 4. The van der Waals surface area contributed by atoms with E-state index in [1.54, 1.807) is 24.3 Å². The van der Waals surface area contributed by atoms with Crippen LogP contribution in [-0.2, 0) is 14.8 Å². The molecule has 0 fully saturated rings. The molecule has 2 N–H and O–H groups in total. The van der Waals surface area contributed by atoms with Crippen LogP contribution in [0.4, 0.5) is 15.8 Å². The van der Waals surface area contributed by atoms with Crippen molar-refractivity contribution in [2.24, 2.45) is 0 Å². The number of nitrogens with one attached hydrogen (secondary N) is 2. The third-order valence-corrected chi connectivity index (χ3v) is 5.06. The van der Waals surface area contributed by atoms with Crippen molar-refractivity contribution in [1.29, 1.82) is 0 Å². The van der Waals surface area contributed by atoms with Crippen molar-refractivity contribution in [3.8, 4) is 5.75 Å². The van der Waals surface area contributed by atoms with Crippen molar-refractivity contribution in [3.63, 3.8) is 0 Å². The predicted octanol–water partition coefficient (Wildman–Crippen LogP) is 3.64. The van der Waals surface area contributed by atoms with Gasteiger partial charge in [-0.1, -0.05) is 30.3 Å². The Labute approximate surface area is 162 Å². The van der Waals surface area contributed by atoms with Gasteiger partial charge in [-0.2, -0.15) is 0 Å². The second kappa shape index (κ2) is 8.53. The van der Waals surface area contributed by atoms with Crippen LogP contribution < -0.4 is 14.8 Å². The van der Waals surface area contributed by atoms with Crippen molar-refractivity contribution in [2.75, 3.05) is 16.6 Å². The van der Waals surface area contributed by atoms with Crippen LogP contribution in [0.3, 0.4) is 0 Å². The molecule has 3 aromatic rings. The summed E-state index contributed by atoms with van der Waals surface area (Å²) in [5.74, 6) is -0.490. The van der Waals surface area contributed by atoms with Gasteiger partial charge in [-0.05, 0) is 48.5 Å². The molecule has 0 saturated heterocycles. The molecule has 0 aromatic heterocycles. The number of rotatable bonds is 7. The highest BCUT2D eigenvalue weighted by Gasteiger charge is 2.16. The van der Waals surface area contributed by atoms with Crippen molar-refractivity contribution in [1.82, 2.24) is 0 Å². The van der Waals surface area contributed by atoms with Crippen LogP contribution in [0.2, 0.25) is 0 Å². The number of benzene rings is 3. The number of hydrogen-bond donors (Lipinski definition) is 2. The maximum absolute atomic E-state index is 13.7. The van der Waals surface area contributed by atoms with Gasteiger partial charge >= 0.3 is 0 Å². The lowest BCUT2D eigenvalue weighted by molar-refractivity contribution is -0.118. The smallest absolute Gasteiger partial charge is 0.262 e. The van der Waals surface area contributed by atoms with E-state index in [-0.39, 0.29) is 23.1 Å². The number of carbonyl (C=O) groups excluding carboxylic acids is 1. The second-order valence-corrected chi connectivity index (χ2v) is 7.44. The van der Waals surface area contributed by atoms with Gasteiger partial charge in [0.1, 0.15) is 11.6 Å². The van der Waals surface area contributed by atoms with Gasteiger partial charge in [-0.3, -0.25) is 9.52 Å². The summed E-state index contributed by atoms with van der Waals surface area (Å²) in [6.07, 6.45) is 0. The third kappa shape index (κ3) is 5.08. The summed E-state index contributed by atoms with van der Waals surface area (Å²) in [6, 6.07) is 19.9. The number of sulfonamides is 1. The fourth-order valence-electron chi connectivity index (χ4n) is 2.33. The monoisotopic (exact) mass is 400 g/mol. The third-order valence-electron chi connectivity index (χ3n) is 3.68. The van der Waals surface area contributed by atoms with E-state index in [0.717, 1.165) is 6.07 Å². The van der Waals surface area contributed by atoms with Gasteiger partial charge in [0.05, 0.1) is 10.6 Å².